The Balaban J connectivity index is 2.30. The first-order valence-corrected chi connectivity index (χ1v) is 5.11. The molecule has 16 heavy (non-hydrogen) atoms. The molecule has 0 fully saturated rings. The molecule has 0 aliphatic carbocycles. The standard InChI is InChI=1S/C12H14N2O2/c1-7-2-3-11-9(4-7)8(6-14-11)5-10(13)12(15)16/h2-4,6,10,14H,5,13H2,1H3,(H,15,16)/t10-/m0/s1/i/hD. The molecule has 0 radical (unpaired) electrons. The first-order chi connectivity index (χ1) is 8.11. The number of nitrogens with two attached hydrogens (primary N) is 1. The number of carboxylic acid groups (broad SMARTS) is 1. The van der Waals surface area contributed by atoms with Gasteiger partial charge < -0.3 is 15.8 Å². The average Bonchev–Trinajstić information content (AvgIpc) is 2.71. The number of carbonyl (C=O) groups is 1. The van der Waals surface area contributed by atoms with Crippen molar-refractivity contribution in [3.8, 4) is 0 Å². The SMILES string of the molecule is [2H]OC(=O)[C@@H](N)Cc1c[nH]c2ccc(C)cc12. The van der Waals surface area contributed by atoms with Gasteiger partial charge in [-0.1, -0.05) is 11.6 Å². The number of aromatic amines is 1. The Morgan fingerprint density at radius 2 is 2.50 bits per heavy atom. The van der Waals surface area contributed by atoms with Crippen LogP contribution in [0.25, 0.3) is 12.3 Å². The molecule has 2 aromatic rings. The van der Waals surface area contributed by atoms with Crippen molar-refractivity contribution in [3.63, 3.8) is 0 Å². The van der Waals surface area contributed by atoms with E-state index < -0.39 is 12.0 Å². The van der Waals surface area contributed by atoms with Crippen LogP contribution in [0.3, 0.4) is 0 Å². The normalized spacial score (nSPS) is 13.5. The van der Waals surface area contributed by atoms with E-state index >= 15 is 0 Å². The molecule has 1 heterocycles. The number of aliphatic carboxylic acids is 1. The van der Waals surface area contributed by atoms with Crippen molar-refractivity contribution < 1.29 is 9.90 Å². The molecule has 0 unspecified atom stereocenters. The van der Waals surface area contributed by atoms with Gasteiger partial charge in [-0.3, -0.25) is 4.79 Å². The summed E-state index contributed by atoms with van der Waals surface area (Å²) in [5, 5.41) is 4.93. The quantitative estimate of drug-likeness (QED) is 0.730. The van der Waals surface area contributed by atoms with Gasteiger partial charge in [-0.25, -0.2) is 0 Å². The van der Waals surface area contributed by atoms with Crippen LogP contribution >= 0.6 is 0 Å². The van der Waals surface area contributed by atoms with Gasteiger partial charge in [0.15, 0.2) is 0 Å². The minimum Gasteiger partial charge on any atom is -0.480 e. The van der Waals surface area contributed by atoms with Crippen LogP contribution in [0.4, 0.5) is 0 Å². The minimum atomic E-state index is -0.799. The molecule has 4 heteroatoms. The largest absolute Gasteiger partial charge is 0.480 e. The summed E-state index contributed by atoms with van der Waals surface area (Å²) in [6.45, 7) is 2.01. The van der Waals surface area contributed by atoms with Crippen LogP contribution in [0, 0.1) is 6.92 Å². The van der Waals surface area contributed by atoms with Crippen molar-refractivity contribution in [2.24, 2.45) is 5.73 Å². The van der Waals surface area contributed by atoms with E-state index in [1.165, 1.54) is 0 Å². The van der Waals surface area contributed by atoms with Gasteiger partial charge in [-0.15, -0.1) is 0 Å². The van der Waals surface area contributed by atoms with E-state index in [0.29, 0.717) is 6.42 Å². The Bertz CT molecular complexity index is 550. The Hall–Kier alpha value is -1.81. The van der Waals surface area contributed by atoms with Gasteiger partial charge in [0.25, 0.3) is 1.43 Å². The molecule has 1 atom stereocenters. The first kappa shape index (κ1) is 9.42. The molecule has 1 aromatic heterocycles. The second-order valence-electron chi connectivity index (χ2n) is 3.99. The summed E-state index contributed by atoms with van der Waals surface area (Å²) in [6.07, 6.45) is 2.20. The summed E-state index contributed by atoms with van der Waals surface area (Å²) in [6, 6.07) is 5.25. The molecule has 0 amide bonds. The molecule has 0 saturated carbocycles. The van der Waals surface area contributed by atoms with Crippen molar-refractivity contribution in [1.82, 2.24) is 4.98 Å². The predicted octanol–water partition coefficient (Wildman–Crippen LogP) is 1.43. The first-order valence-electron chi connectivity index (χ1n) is 5.52. The van der Waals surface area contributed by atoms with Crippen LogP contribution < -0.4 is 5.73 Å². The Morgan fingerprint density at radius 3 is 3.25 bits per heavy atom. The van der Waals surface area contributed by atoms with E-state index in [2.05, 4.69) is 10.1 Å². The zero-order chi connectivity index (χ0) is 12.4. The summed E-state index contributed by atoms with van der Waals surface area (Å²) in [5.41, 5.74) is 8.76. The smallest absolute Gasteiger partial charge is 0.320 e. The topological polar surface area (TPSA) is 79.1 Å². The Kier molecular flexibility index (Phi) is 2.34. The predicted molar refractivity (Wildman–Crippen MR) is 62.4 cm³/mol. The van der Waals surface area contributed by atoms with Gasteiger partial charge in [0.05, 0.1) is 0 Å². The average molecular weight is 219 g/mol. The number of carboxylic acids is 1. The zero-order valence-electron chi connectivity index (χ0n) is 9.99. The molecule has 4 nitrogen and oxygen atoms in total. The molecule has 0 saturated heterocycles. The highest BCUT2D eigenvalue weighted by atomic mass is 16.4. The van der Waals surface area contributed by atoms with Crippen molar-refractivity contribution >= 4 is 16.9 Å². The van der Waals surface area contributed by atoms with Crippen LogP contribution in [0.15, 0.2) is 24.4 Å². The summed E-state index contributed by atoms with van der Waals surface area (Å²) < 4.78 is 6.53. The molecule has 0 spiro atoms. The lowest BCUT2D eigenvalue weighted by Gasteiger charge is -2.05. The van der Waals surface area contributed by atoms with E-state index in [1.807, 2.05) is 31.3 Å². The van der Waals surface area contributed by atoms with E-state index in [0.717, 1.165) is 22.0 Å². The maximum Gasteiger partial charge on any atom is 0.320 e. The lowest BCUT2D eigenvalue weighted by molar-refractivity contribution is -0.138. The fraction of sp³-hybridized carbons (Fsp3) is 0.250. The zero-order valence-corrected chi connectivity index (χ0v) is 8.99. The van der Waals surface area contributed by atoms with E-state index in [9.17, 15) is 4.79 Å². The second kappa shape index (κ2) is 3.98. The van der Waals surface area contributed by atoms with Crippen molar-refractivity contribution in [1.29, 1.82) is 1.43 Å². The van der Waals surface area contributed by atoms with Gasteiger partial charge in [0, 0.05) is 23.5 Å². The van der Waals surface area contributed by atoms with Gasteiger partial charge in [0.1, 0.15) is 6.04 Å². The van der Waals surface area contributed by atoms with E-state index in [4.69, 9.17) is 7.16 Å². The molecular weight excluding hydrogens is 204 g/mol. The number of aryl methyl sites for hydroxylation is 1. The van der Waals surface area contributed by atoms with Crippen LogP contribution in [0.2, 0.25) is 0 Å². The molecule has 1 aromatic carbocycles. The summed E-state index contributed by atoms with van der Waals surface area (Å²) in [5.74, 6) is -0.716. The fourth-order valence-electron chi connectivity index (χ4n) is 1.78. The summed E-state index contributed by atoms with van der Waals surface area (Å²) in [7, 11) is 0. The number of hydrogen-bond acceptors (Lipinski definition) is 3. The molecule has 0 bridgehead atoms. The highest BCUT2D eigenvalue weighted by Gasteiger charge is 2.14. The number of aromatic nitrogens is 1. The molecule has 0 aliphatic rings. The van der Waals surface area contributed by atoms with Crippen LogP contribution in [0.5, 0.6) is 0 Å². The monoisotopic (exact) mass is 219 g/mol. The third-order valence-corrected chi connectivity index (χ3v) is 2.67. The van der Waals surface area contributed by atoms with Crippen molar-refractivity contribution in [3.05, 3.63) is 35.5 Å². The third kappa shape index (κ3) is 1.92. The maximum absolute atomic E-state index is 11.1. The highest BCUT2D eigenvalue weighted by Crippen LogP contribution is 2.20. The Labute approximate surface area is 94.6 Å². The number of rotatable bonds is 3. The van der Waals surface area contributed by atoms with E-state index in [-0.39, 0.29) is 0 Å². The molecule has 84 valence electrons. The molecule has 2 rings (SSSR count). The fourth-order valence-corrected chi connectivity index (χ4v) is 1.78. The van der Waals surface area contributed by atoms with Gasteiger partial charge in [0.2, 0.25) is 0 Å². The third-order valence-electron chi connectivity index (χ3n) is 2.67. The molecule has 0 aliphatic heterocycles. The minimum absolute atomic E-state index is 0.362. The number of H-pyrrole nitrogens is 1. The maximum atomic E-state index is 11.1. The number of fused-ring (bicyclic) bond motifs is 1. The number of nitrogens with one attached hydrogen (secondary N) is 1. The lowest BCUT2D eigenvalue weighted by Crippen LogP contribution is -2.32. The summed E-state index contributed by atoms with van der Waals surface area (Å²) >= 11 is 0. The number of hydrogen-bond donors (Lipinski definition) is 3. The highest BCUT2D eigenvalue weighted by molar-refractivity contribution is 5.85. The van der Waals surface area contributed by atoms with Crippen molar-refractivity contribution in [2.45, 2.75) is 19.4 Å². The Morgan fingerprint density at radius 1 is 1.69 bits per heavy atom. The van der Waals surface area contributed by atoms with Crippen molar-refractivity contribution in [2.75, 3.05) is 0 Å². The second-order valence-corrected chi connectivity index (χ2v) is 3.99. The number of benzene rings is 1. The van der Waals surface area contributed by atoms with Gasteiger partial charge >= 0.3 is 5.97 Å². The molecule has 4 N–H and O–H groups in total. The van der Waals surface area contributed by atoms with Gasteiger partial charge in [-0.2, -0.15) is 0 Å². The lowest BCUT2D eigenvalue weighted by atomic mass is 10.0. The summed E-state index contributed by atoms with van der Waals surface area (Å²) in [4.78, 5) is 14.2. The van der Waals surface area contributed by atoms with Gasteiger partial charge in [-0.05, 0) is 24.6 Å². The van der Waals surface area contributed by atoms with E-state index in [1.54, 1.807) is 0 Å². The van der Waals surface area contributed by atoms with Crippen LogP contribution in [-0.2, 0) is 11.2 Å². The molecular formula is C12H14N2O2. The van der Waals surface area contributed by atoms with Crippen LogP contribution in [-0.4, -0.2) is 22.1 Å². The van der Waals surface area contributed by atoms with Crippen LogP contribution in [0.1, 0.15) is 11.1 Å².